The van der Waals surface area contributed by atoms with Crippen LogP contribution in [0.5, 0.6) is 11.5 Å². The van der Waals surface area contributed by atoms with Gasteiger partial charge in [0, 0.05) is 29.5 Å². The highest BCUT2D eigenvalue weighted by atomic mass is 16.6. The maximum atomic E-state index is 6.58. The Morgan fingerprint density at radius 1 is 1.33 bits per heavy atom. The highest BCUT2D eigenvalue weighted by Crippen LogP contribution is 2.62. The lowest BCUT2D eigenvalue weighted by Crippen LogP contribution is -2.65. The molecule has 128 valence electrons. The molecule has 1 aromatic rings. The Morgan fingerprint density at radius 3 is 3.00 bits per heavy atom. The molecule has 0 N–H and O–H groups in total. The summed E-state index contributed by atoms with van der Waals surface area (Å²) in [5, 5.41) is 0. The van der Waals surface area contributed by atoms with Crippen LogP contribution in [0, 0.1) is 5.92 Å². The number of benzene rings is 1. The van der Waals surface area contributed by atoms with E-state index in [1.54, 1.807) is 7.11 Å². The van der Waals surface area contributed by atoms with Crippen LogP contribution >= 0.6 is 0 Å². The molecule has 5 rings (SSSR count). The van der Waals surface area contributed by atoms with Crippen LogP contribution in [0.4, 0.5) is 0 Å². The molecule has 1 fully saturated rings. The smallest absolute Gasteiger partial charge is 0.165 e. The van der Waals surface area contributed by atoms with Crippen molar-refractivity contribution >= 4 is 0 Å². The average Bonchev–Trinajstić information content (AvgIpc) is 2.94. The molecule has 24 heavy (non-hydrogen) atoms. The first kappa shape index (κ1) is 14.8. The molecule has 4 nitrogen and oxygen atoms in total. The lowest BCUT2D eigenvalue weighted by atomic mass is 9.53. The highest BCUT2D eigenvalue weighted by molar-refractivity contribution is 5.62. The van der Waals surface area contributed by atoms with Crippen LogP contribution in [0.2, 0.25) is 0 Å². The molecule has 2 heterocycles. The number of likely N-dealkylation sites (N-methyl/N-ethyl adjacent to an activating group) is 1. The Bertz CT molecular complexity index is 715. The summed E-state index contributed by atoms with van der Waals surface area (Å²) in [7, 11) is 4.00. The van der Waals surface area contributed by atoms with Gasteiger partial charge in [0.05, 0.1) is 7.11 Å². The molecule has 4 heteroatoms. The van der Waals surface area contributed by atoms with Crippen molar-refractivity contribution in [1.29, 1.82) is 0 Å². The summed E-state index contributed by atoms with van der Waals surface area (Å²) in [5.41, 5.74) is 2.89. The fraction of sp³-hybridized carbons (Fsp3) is 0.600. The van der Waals surface area contributed by atoms with Crippen LogP contribution in [-0.2, 0) is 16.6 Å². The average molecular weight is 327 g/mol. The van der Waals surface area contributed by atoms with Gasteiger partial charge >= 0.3 is 0 Å². The van der Waals surface area contributed by atoms with Gasteiger partial charge in [-0.1, -0.05) is 18.2 Å². The van der Waals surface area contributed by atoms with E-state index in [1.807, 2.05) is 0 Å². The first-order chi connectivity index (χ1) is 11.7. The molecular weight excluding hydrogens is 302 g/mol. The maximum Gasteiger partial charge on any atom is 0.165 e. The van der Waals surface area contributed by atoms with E-state index >= 15 is 0 Å². The van der Waals surface area contributed by atoms with Gasteiger partial charge < -0.3 is 19.1 Å². The summed E-state index contributed by atoms with van der Waals surface area (Å²) in [6, 6.07) is 4.87. The van der Waals surface area contributed by atoms with E-state index in [0.29, 0.717) is 18.6 Å². The molecule has 0 aromatic heterocycles. The molecule has 5 atom stereocenters. The molecule has 2 aliphatic carbocycles. The second-order valence-electron chi connectivity index (χ2n) is 7.54. The number of nitrogens with zero attached hydrogens (tertiary/aromatic N) is 1. The summed E-state index contributed by atoms with van der Waals surface area (Å²) in [6.07, 6.45) is 6.96. The van der Waals surface area contributed by atoms with E-state index in [9.17, 15) is 0 Å². The van der Waals surface area contributed by atoms with Crippen LogP contribution in [-0.4, -0.2) is 50.5 Å². The van der Waals surface area contributed by atoms with Crippen LogP contribution < -0.4 is 9.47 Å². The standard InChI is InChI=1S/C20H25NO3/c1-4-23-16-8-6-13-14-11-12-5-7-15(22-3)18-17(12)20(13,19(16)24-18)9-10-21(14)2/h5-8,13-14,16,19H,4,9-11H2,1-3H3/t13?,14?,16-,19?,20-/m0/s1. The van der Waals surface area contributed by atoms with E-state index < -0.39 is 0 Å². The Morgan fingerprint density at radius 2 is 2.21 bits per heavy atom. The first-order valence-electron chi connectivity index (χ1n) is 9.08. The van der Waals surface area contributed by atoms with E-state index in [-0.39, 0.29) is 17.6 Å². The van der Waals surface area contributed by atoms with Crippen molar-refractivity contribution in [2.75, 3.05) is 27.3 Å². The molecule has 4 aliphatic rings. The van der Waals surface area contributed by atoms with Gasteiger partial charge in [-0.25, -0.2) is 0 Å². The molecule has 2 bridgehead atoms. The van der Waals surface area contributed by atoms with E-state index in [0.717, 1.165) is 30.9 Å². The van der Waals surface area contributed by atoms with Crippen molar-refractivity contribution in [3.05, 3.63) is 35.4 Å². The van der Waals surface area contributed by atoms with Crippen LogP contribution in [0.15, 0.2) is 24.3 Å². The second-order valence-corrected chi connectivity index (χ2v) is 7.54. The molecule has 1 saturated heterocycles. The maximum absolute atomic E-state index is 6.58. The van der Waals surface area contributed by atoms with Gasteiger partial charge in [0.1, 0.15) is 12.2 Å². The third-order valence-corrected chi connectivity index (χ3v) is 6.69. The van der Waals surface area contributed by atoms with E-state index in [4.69, 9.17) is 14.2 Å². The predicted octanol–water partition coefficient (Wildman–Crippen LogP) is 2.55. The van der Waals surface area contributed by atoms with Crippen molar-refractivity contribution in [2.24, 2.45) is 5.92 Å². The first-order valence-corrected chi connectivity index (χ1v) is 9.08. The number of rotatable bonds is 3. The van der Waals surface area contributed by atoms with Crippen molar-refractivity contribution in [3.63, 3.8) is 0 Å². The minimum Gasteiger partial charge on any atom is -0.493 e. The molecule has 1 spiro atoms. The number of ether oxygens (including phenoxy) is 3. The third kappa shape index (κ3) is 1.61. The lowest BCUT2D eigenvalue weighted by molar-refractivity contribution is -0.0681. The predicted molar refractivity (Wildman–Crippen MR) is 91.9 cm³/mol. The number of hydrogen-bond acceptors (Lipinski definition) is 4. The van der Waals surface area contributed by atoms with E-state index in [1.165, 1.54) is 11.1 Å². The van der Waals surface area contributed by atoms with Crippen molar-refractivity contribution in [1.82, 2.24) is 4.90 Å². The van der Waals surface area contributed by atoms with E-state index in [2.05, 4.69) is 43.2 Å². The summed E-state index contributed by atoms with van der Waals surface area (Å²) in [6.45, 7) is 3.88. The summed E-state index contributed by atoms with van der Waals surface area (Å²) in [4.78, 5) is 2.53. The summed E-state index contributed by atoms with van der Waals surface area (Å²) >= 11 is 0. The quantitative estimate of drug-likeness (QED) is 0.799. The van der Waals surface area contributed by atoms with Gasteiger partial charge in [0.25, 0.3) is 0 Å². The van der Waals surface area contributed by atoms with Crippen molar-refractivity contribution < 1.29 is 14.2 Å². The Balaban J connectivity index is 1.76. The zero-order valence-corrected chi connectivity index (χ0v) is 14.6. The zero-order chi connectivity index (χ0) is 16.5. The number of likely N-dealkylation sites (tertiary alicyclic amines) is 1. The Kier molecular flexibility index (Phi) is 3.08. The van der Waals surface area contributed by atoms with Gasteiger partial charge in [0.15, 0.2) is 11.5 Å². The number of piperidine rings is 1. The number of hydrogen-bond donors (Lipinski definition) is 0. The van der Waals surface area contributed by atoms with Gasteiger partial charge in [-0.05, 0) is 45.0 Å². The minimum atomic E-state index is 0.0263. The lowest BCUT2D eigenvalue weighted by Gasteiger charge is -2.56. The SMILES string of the molecule is CCO[C@H]1C=CC2C3Cc4ccc(OC)c5c4[C@@]2(CCN3C)C1O5. The fourth-order valence-electron chi connectivity index (χ4n) is 5.71. The fourth-order valence-corrected chi connectivity index (χ4v) is 5.71. The van der Waals surface area contributed by atoms with Crippen LogP contribution in [0.1, 0.15) is 24.5 Å². The highest BCUT2D eigenvalue weighted by Gasteiger charge is 2.64. The van der Waals surface area contributed by atoms with Crippen molar-refractivity contribution in [3.8, 4) is 11.5 Å². The number of methoxy groups -OCH3 is 1. The molecule has 0 amide bonds. The molecule has 0 radical (unpaired) electrons. The Hall–Kier alpha value is -1.52. The molecule has 1 aromatic carbocycles. The third-order valence-electron chi connectivity index (χ3n) is 6.69. The largest absolute Gasteiger partial charge is 0.493 e. The molecular formula is C20H25NO3. The van der Waals surface area contributed by atoms with Gasteiger partial charge in [-0.3, -0.25) is 0 Å². The van der Waals surface area contributed by atoms with Crippen LogP contribution in [0.25, 0.3) is 0 Å². The zero-order valence-electron chi connectivity index (χ0n) is 14.6. The Labute approximate surface area is 143 Å². The molecule has 2 aliphatic heterocycles. The molecule has 3 unspecified atom stereocenters. The normalized spacial score (nSPS) is 38.6. The van der Waals surface area contributed by atoms with Gasteiger partial charge in [-0.2, -0.15) is 0 Å². The van der Waals surface area contributed by atoms with Crippen LogP contribution in [0.3, 0.4) is 0 Å². The van der Waals surface area contributed by atoms with Gasteiger partial charge in [-0.15, -0.1) is 0 Å². The van der Waals surface area contributed by atoms with Gasteiger partial charge in [0.2, 0.25) is 0 Å². The monoisotopic (exact) mass is 327 g/mol. The topological polar surface area (TPSA) is 30.9 Å². The summed E-state index contributed by atoms with van der Waals surface area (Å²) < 4.78 is 18.3. The second kappa shape index (κ2) is 4.99. The minimum absolute atomic E-state index is 0.0263. The summed E-state index contributed by atoms with van der Waals surface area (Å²) in [5.74, 6) is 2.34. The molecule has 0 saturated carbocycles. The van der Waals surface area contributed by atoms with Crippen molar-refractivity contribution in [2.45, 2.75) is 43.4 Å².